The topological polar surface area (TPSA) is 78.9 Å². The summed E-state index contributed by atoms with van der Waals surface area (Å²) in [7, 11) is 0. The number of carbonyl (C=O) groups is 3. The number of esters is 3. The second kappa shape index (κ2) is 60.2. The van der Waals surface area contributed by atoms with Gasteiger partial charge in [0.1, 0.15) is 13.2 Å². The summed E-state index contributed by atoms with van der Waals surface area (Å²) in [5, 5.41) is 0. The minimum atomic E-state index is -0.770. The lowest BCUT2D eigenvalue weighted by atomic mass is 10.0. The highest BCUT2D eigenvalue weighted by Gasteiger charge is 2.19. The second-order valence-electron chi connectivity index (χ2n) is 21.3. The van der Waals surface area contributed by atoms with Crippen molar-refractivity contribution >= 4 is 17.9 Å². The first-order valence-corrected chi connectivity index (χ1v) is 31.5. The van der Waals surface area contributed by atoms with E-state index >= 15 is 0 Å². The number of hydrogen-bond donors (Lipinski definition) is 0. The van der Waals surface area contributed by atoms with Crippen molar-refractivity contribution in [1.29, 1.82) is 0 Å². The van der Waals surface area contributed by atoms with Gasteiger partial charge in [-0.25, -0.2) is 0 Å². The molecule has 0 heterocycles. The normalized spacial score (nSPS) is 12.2. The van der Waals surface area contributed by atoms with Crippen LogP contribution >= 0.6 is 0 Å². The summed E-state index contributed by atoms with van der Waals surface area (Å²) in [4.78, 5) is 37.9. The van der Waals surface area contributed by atoms with Crippen LogP contribution in [0.2, 0.25) is 0 Å². The van der Waals surface area contributed by atoms with Crippen LogP contribution in [0, 0.1) is 0 Å². The van der Waals surface area contributed by atoms with E-state index in [0.29, 0.717) is 19.3 Å². The molecule has 71 heavy (non-hydrogen) atoms. The number of ether oxygens (including phenoxy) is 3. The van der Waals surface area contributed by atoms with Crippen LogP contribution in [0.3, 0.4) is 0 Å². The second-order valence-corrected chi connectivity index (χ2v) is 21.3. The van der Waals surface area contributed by atoms with Gasteiger partial charge in [-0.3, -0.25) is 14.4 Å². The highest BCUT2D eigenvalue weighted by molar-refractivity contribution is 5.71. The van der Waals surface area contributed by atoms with Gasteiger partial charge in [-0.15, -0.1) is 0 Å². The van der Waals surface area contributed by atoms with Gasteiger partial charge >= 0.3 is 17.9 Å². The fraction of sp³-hybridized carbons (Fsp3) is 0.862. The van der Waals surface area contributed by atoms with E-state index in [2.05, 4.69) is 57.2 Å². The van der Waals surface area contributed by atoms with E-state index in [9.17, 15) is 14.4 Å². The summed E-state index contributed by atoms with van der Waals surface area (Å²) in [6, 6.07) is 0. The van der Waals surface area contributed by atoms with Crippen molar-refractivity contribution in [3.8, 4) is 0 Å². The van der Waals surface area contributed by atoms with Gasteiger partial charge in [0.2, 0.25) is 0 Å². The summed E-state index contributed by atoms with van der Waals surface area (Å²) < 4.78 is 16.8. The Balaban J connectivity index is 3.94. The lowest BCUT2D eigenvalue weighted by Gasteiger charge is -2.18. The zero-order chi connectivity index (χ0) is 51.4. The Morgan fingerprint density at radius 2 is 0.507 bits per heavy atom. The van der Waals surface area contributed by atoms with Gasteiger partial charge in [-0.1, -0.05) is 282 Å². The molecule has 416 valence electrons. The van der Waals surface area contributed by atoms with E-state index in [1.54, 1.807) is 0 Å². The van der Waals surface area contributed by atoms with Gasteiger partial charge in [0, 0.05) is 19.3 Å². The molecule has 0 bridgehead atoms. The van der Waals surface area contributed by atoms with Gasteiger partial charge < -0.3 is 14.2 Å². The van der Waals surface area contributed by atoms with E-state index in [1.165, 1.54) is 231 Å². The quantitative estimate of drug-likeness (QED) is 0.0261. The van der Waals surface area contributed by atoms with Crippen molar-refractivity contribution in [1.82, 2.24) is 0 Å². The van der Waals surface area contributed by atoms with E-state index in [-0.39, 0.29) is 31.1 Å². The van der Waals surface area contributed by atoms with E-state index in [1.807, 2.05) is 0 Å². The SMILES string of the molecule is CCCCC/C=C\CCCCCCCC(=O)OC(COC(=O)CCCCCCCCCC)COC(=O)CCCCCCCCCCCCCCCCCCCCCCC/C=C\C/C=C\CCCCCCC. The van der Waals surface area contributed by atoms with Crippen LogP contribution < -0.4 is 0 Å². The molecule has 0 aromatic rings. The van der Waals surface area contributed by atoms with Crippen molar-refractivity contribution in [3.63, 3.8) is 0 Å². The molecule has 0 aliphatic heterocycles. The van der Waals surface area contributed by atoms with Crippen LogP contribution in [0.4, 0.5) is 0 Å². The molecule has 0 saturated carbocycles. The first-order valence-electron chi connectivity index (χ1n) is 31.5. The van der Waals surface area contributed by atoms with Crippen molar-refractivity contribution in [2.45, 2.75) is 348 Å². The Morgan fingerprint density at radius 3 is 0.817 bits per heavy atom. The summed E-state index contributed by atoms with van der Waals surface area (Å²) in [6.45, 7) is 6.60. The predicted octanol–water partition coefficient (Wildman–Crippen LogP) is 21.2. The fourth-order valence-electron chi connectivity index (χ4n) is 9.35. The molecular formula is C65H120O6. The molecule has 6 heteroatoms. The molecule has 0 aromatic carbocycles. The lowest BCUT2D eigenvalue weighted by molar-refractivity contribution is -0.167. The third kappa shape index (κ3) is 58.4. The Kier molecular flexibility index (Phi) is 58.2. The summed E-state index contributed by atoms with van der Waals surface area (Å²) >= 11 is 0. The summed E-state index contributed by atoms with van der Waals surface area (Å²) in [5.74, 6) is -0.868. The van der Waals surface area contributed by atoms with E-state index in [4.69, 9.17) is 14.2 Å². The highest BCUT2D eigenvalue weighted by atomic mass is 16.6. The average Bonchev–Trinajstić information content (AvgIpc) is 3.37. The molecule has 0 aliphatic rings. The lowest BCUT2D eigenvalue weighted by Crippen LogP contribution is -2.30. The minimum absolute atomic E-state index is 0.0706. The molecule has 0 amide bonds. The molecule has 0 fully saturated rings. The number of carbonyl (C=O) groups excluding carboxylic acids is 3. The summed E-state index contributed by atoms with van der Waals surface area (Å²) in [5.41, 5.74) is 0. The molecule has 0 spiro atoms. The maximum absolute atomic E-state index is 12.8. The van der Waals surface area contributed by atoms with Crippen LogP contribution in [0.5, 0.6) is 0 Å². The molecular weight excluding hydrogens is 877 g/mol. The Hall–Kier alpha value is -2.37. The Labute approximate surface area is 442 Å². The van der Waals surface area contributed by atoms with Gasteiger partial charge in [0.05, 0.1) is 0 Å². The maximum atomic E-state index is 12.8. The van der Waals surface area contributed by atoms with Crippen molar-refractivity contribution in [2.24, 2.45) is 0 Å². The molecule has 0 aromatic heterocycles. The Morgan fingerprint density at radius 1 is 0.282 bits per heavy atom. The molecule has 6 nitrogen and oxygen atoms in total. The van der Waals surface area contributed by atoms with Crippen molar-refractivity contribution in [2.75, 3.05) is 13.2 Å². The van der Waals surface area contributed by atoms with Gasteiger partial charge in [-0.2, -0.15) is 0 Å². The minimum Gasteiger partial charge on any atom is -0.462 e. The number of hydrogen-bond acceptors (Lipinski definition) is 6. The van der Waals surface area contributed by atoms with Crippen molar-refractivity contribution < 1.29 is 28.6 Å². The zero-order valence-electron chi connectivity index (χ0n) is 47.8. The molecule has 0 rings (SSSR count). The molecule has 0 N–H and O–H groups in total. The number of rotatable bonds is 58. The third-order valence-corrected chi connectivity index (χ3v) is 14.1. The first-order chi connectivity index (χ1) is 35.0. The highest BCUT2D eigenvalue weighted by Crippen LogP contribution is 2.17. The van der Waals surface area contributed by atoms with Gasteiger partial charge in [-0.05, 0) is 77.0 Å². The van der Waals surface area contributed by atoms with E-state index in [0.717, 1.165) is 70.6 Å². The van der Waals surface area contributed by atoms with Crippen LogP contribution in [0.1, 0.15) is 342 Å². The number of unbranched alkanes of at least 4 members (excludes halogenated alkanes) is 41. The zero-order valence-corrected chi connectivity index (χ0v) is 47.8. The van der Waals surface area contributed by atoms with Crippen LogP contribution in [0.15, 0.2) is 36.5 Å². The Bertz CT molecular complexity index is 1190. The molecule has 0 radical (unpaired) electrons. The molecule has 1 unspecified atom stereocenters. The van der Waals surface area contributed by atoms with Crippen LogP contribution in [-0.4, -0.2) is 37.2 Å². The third-order valence-electron chi connectivity index (χ3n) is 14.1. The fourth-order valence-corrected chi connectivity index (χ4v) is 9.35. The van der Waals surface area contributed by atoms with E-state index < -0.39 is 6.10 Å². The van der Waals surface area contributed by atoms with Crippen molar-refractivity contribution in [3.05, 3.63) is 36.5 Å². The molecule has 1 atom stereocenters. The largest absolute Gasteiger partial charge is 0.462 e. The molecule has 0 saturated heterocycles. The molecule has 0 aliphatic carbocycles. The van der Waals surface area contributed by atoms with Gasteiger partial charge in [0.15, 0.2) is 6.10 Å². The monoisotopic (exact) mass is 997 g/mol. The summed E-state index contributed by atoms with van der Waals surface area (Å²) in [6.07, 6.45) is 73.4. The van der Waals surface area contributed by atoms with Crippen LogP contribution in [0.25, 0.3) is 0 Å². The average molecular weight is 998 g/mol. The predicted molar refractivity (Wildman–Crippen MR) is 307 cm³/mol. The maximum Gasteiger partial charge on any atom is 0.306 e. The first kappa shape index (κ1) is 68.6. The smallest absolute Gasteiger partial charge is 0.306 e. The standard InChI is InChI=1S/C65H120O6/c1-4-7-10-13-16-19-21-23-24-25-26-27-28-29-30-31-32-33-34-35-36-37-38-39-40-41-42-43-45-46-49-52-55-58-64(67)70-61-62(60-69-63(66)57-54-51-48-18-15-12-9-6-3)71-65(68)59-56-53-50-47-44-22-20-17-14-11-8-5-2/h17,20-21,23,25-26,62H,4-16,18-19,22,24,27-61H2,1-3H3/b20-17-,23-21-,26-25-. The van der Waals surface area contributed by atoms with Crippen LogP contribution in [-0.2, 0) is 28.6 Å². The number of allylic oxidation sites excluding steroid dienone is 6. The van der Waals surface area contributed by atoms with Gasteiger partial charge in [0.25, 0.3) is 0 Å².